The van der Waals surface area contributed by atoms with Crippen molar-refractivity contribution < 1.29 is 9.90 Å². The number of hydrogen-bond donors (Lipinski definition) is 1. The summed E-state index contributed by atoms with van der Waals surface area (Å²) in [6.07, 6.45) is 9.59. The van der Waals surface area contributed by atoms with E-state index in [0.717, 1.165) is 34.0 Å². The Morgan fingerprint density at radius 3 is 2.59 bits per heavy atom. The van der Waals surface area contributed by atoms with Crippen LogP contribution in [0.4, 0.5) is 5.95 Å². The minimum Gasteiger partial charge on any atom is -0.480 e. The molecule has 8 heteroatoms. The summed E-state index contributed by atoms with van der Waals surface area (Å²) < 4.78 is -0.135. The summed E-state index contributed by atoms with van der Waals surface area (Å²) in [4.78, 5) is 27.3. The fourth-order valence-corrected chi connectivity index (χ4v) is 5.03. The number of thiazole rings is 1. The molecule has 2 aromatic heterocycles. The van der Waals surface area contributed by atoms with Crippen LogP contribution in [-0.2, 0) is 17.6 Å². The van der Waals surface area contributed by atoms with Gasteiger partial charge in [-0.25, -0.2) is 15.0 Å². The molecule has 3 aromatic rings. The molecule has 0 aliphatic heterocycles. The predicted molar refractivity (Wildman–Crippen MR) is 132 cm³/mol. The summed E-state index contributed by atoms with van der Waals surface area (Å²) in [7, 11) is 0. The maximum Gasteiger partial charge on any atom is 0.319 e. The van der Waals surface area contributed by atoms with Crippen LogP contribution >= 0.6 is 23.1 Å². The van der Waals surface area contributed by atoms with Crippen LogP contribution in [0, 0.1) is 0 Å². The first-order valence-corrected chi connectivity index (χ1v) is 12.2. The Morgan fingerprint density at radius 1 is 1.22 bits per heavy atom. The highest BCUT2D eigenvalue weighted by molar-refractivity contribution is 8.02. The summed E-state index contributed by atoms with van der Waals surface area (Å²) in [5.41, 5.74) is 3.20. The van der Waals surface area contributed by atoms with E-state index in [2.05, 4.69) is 51.1 Å². The van der Waals surface area contributed by atoms with E-state index in [-0.39, 0.29) is 0 Å². The molecule has 2 heterocycles. The number of rotatable bonds is 11. The number of carbonyl (C=O) groups is 1. The summed E-state index contributed by atoms with van der Waals surface area (Å²) in [5.74, 6) is -0.153. The third-order valence-electron chi connectivity index (χ3n) is 4.84. The monoisotopic (exact) mass is 468 g/mol. The molecule has 0 aliphatic rings. The zero-order valence-corrected chi connectivity index (χ0v) is 20.2. The lowest BCUT2D eigenvalue weighted by molar-refractivity contribution is -0.138. The highest BCUT2D eigenvalue weighted by atomic mass is 32.2. The molecular weight excluding hydrogens is 440 g/mol. The number of aryl methyl sites for hydroxylation is 1. The molecule has 0 bridgehead atoms. The Hall–Kier alpha value is -2.71. The van der Waals surface area contributed by atoms with Crippen LogP contribution in [0.3, 0.4) is 0 Å². The molecule has 6 nitrogen and oxygen atoms in total. The molecule has 0 atom stereocenters. The van der Waals surface area contributed by atoms with E-state index in [4.69, 9.17) is 0 Å². The largest absolute Gasteiger partial charge is 0.480 e. The lowest BCUT2D eigenvalue weighted by Gasteiger charge is -2.20. The first-order valence-electron chi connectivity index (χ1n) is 10.5. The number of carboxylic acid groups (broad SMARTS) is 1. The first kappa shape index (κ1) is 23.9. The van der Waals surface area contributed by atoms with Gasteiger partial charge in [-0.05, 0) is 31.4 Å². The number of anilines is 1. The second-order valence-corrected chi connectivity index (χ2v) is 10.5. The average Bonchev–Trinajstić information content (AvgIpc) is 3.23. The number of thioether (sulfide) groups is 1. The van der Waals surface area contributed by atoms with Gasteiger partial charge in [0.15, 0.2) is 4.34 Å². The minimum absolute atomic E-state index is 0.679. The van der Waals surface area contributed by atoms with Crippen LogP contribution in [0.25, 0.3) is 6.08 Å². The van der Waals surface area contributed by atoms with Crippen LogP contribution in [0.2, 0.25) is 0 Å². The molecule has 0 fully saturated rings. The molecule has 0 radical (unpaired) electrons. The van der Waals surface area contributed by atoms with Gasteiger partial charge in [0, 0.05) is 37.3 Å². The van der Waals surface area contributed by atoms with E-state index in [1.54, 1.807) is 13.8 Å². The number of aliphatic carboxylic acids is 1. The van der Waals surface area contributed by atoms with Crippen molar-refractivity contribution in [1.29, 1.82) is 0 Å². The van der Waals surface area contributed by atoms with Crippen molar-refractivity contribution in [3.05, 3.63) is 71.0 Å². The SMILES string of the molecule is CCc1cnc(N(CC=Cc2ccccc2)CCc2csc(SC(C)(C)C(=O)O)n2)nc1. The fraction of sp³-hybridized carbons (Fsp3) is 0.333. The maximum absolute atomic E-state index is 11.4. The van der Waals surface area contributed by atoms with Gasteiger partial charge in [-0.1, -0.05) is 61.2 Å². The molecule has 0 saturated heterocycles. The molecule has 0 spiro atoms. The molecule has 0 amide bonds. The normalized spacial score (nSPS) is 11.7. The highest BCUT2D eigenvalue weighted by Crippen LogP contribution is 2.34. The number of benzene rings is 1. The zero-order valence-electron chi connectivity index (χ0n) is 18.6. The second kappa shape index (κ2) is 11.2. The predicted octanol–water partition coefficient (Wildman–Crippen LogP) is 5.21. The Bertz CT molecular complexity index is 1030. The van der Waals surface area contributed by atoms with E-state index >= 15 is 0 Å². The smallest absolute Gasteiger partial charge is 0.319 e. The second-order valence-electron chi connectivity index (χ2n) is 7.78. The van der Waals surface area contributed by atoms with Crippen molar-refractivity contribution in [3.8, 4) is 0 Å². The molecule has 168 valence electrons. The molecule has 0 unspecified atom stereocenters. The van der Waals surface area contributed by atoms with Gasteiger partial charge in [-0.2, -0.15) is 0 Å². The Kier molecular flexibility index (Phi) is 8.41. The average molecular weight is 469 g/mol. The highest BCUT2D eigenvalue weighted by Gasteiger charge is 2.29. The Morgan fingerprint density at radius 2 is 1.94 bits per heavy atom. The van der Waals surface area contributed by atoms with Crippen LogP contribution in [0.15, 0.2) is 58.5 Å². The molecule has 1 aromatic carbocycles. The van der Waals surface area contributed by atoms with E-state index in [1.807, 2.05) is 36.0 Å². The van der Waals surface area contributed by atoms with Gasteiger partial charge in [-0.3, -0.25) is 4.79 Å². The minimum atomic E-state index is -0.905. The van der Waals surface area contributed by atoms with E-state index in [0.29, 0.717) is 19.0 Å². The van der Waals surface area contributed by atoms with Crippen molar-refractivity contribution in [2.24, 2.45) is 0 Å². The van der Waals surface area contributed by atoms with Crippen LogP contribution in [-0.4, -0.2) is 43.9 Å². The molecule has 1 N–H and O–H groups in total. The van der Waals surface area contributed by atoms with Crippen molar-refractivity contribution >= 4 is 41.1 Å². The van der Waals surface area contributed by atoms with E-state index < -0.39 is 10.7 Å². The van der Waals surface area contributed by atoms with Crippen LogP contribution in [0.1, 0.15) is 37.6 Å². The van der Waals surface area contributed by atoms with Crippen molar-refractivity contribution in [2.45, 2.75) is 42.7 Å². The molecule has 0 aliphatic carbocycles. The number of aromatic nitrogens is 3. The maximum atomic E-state index is 11.4. The van der Waals surface area contributed by atoms with Gasteiger partial charge >= 0.3 is 5.97 Å². The van der Waals surface area contributed by atoms with Crippen molar-refractivity contribution in [1.82, 2.24) is 15.0 Å². The quantitative estimate of drug-likeness (QED) is 0.387. The molecular formula is C24H28N4O2S2. The fourth-order valence-electron chi connectivity index (χ4n) is 2.81. The summed E-state index contributed by atoms with van der Waals surface area (Å²) in [6, 6.07) is 10.2. The van der Waals surface area contributed by atoms with Gasteiger partial charge in [-0.15, -0.1) is 11.3 Å². The Labute approximate surface area is 197 Å². The van der Waals surface area contributed by atoms with Crippen LogP contribution < -0.4 is 4.90 Å². The Balaban J connectivity index is 1.68. The lowest BCUT2D eigenvalue weighted by Crippen LogP contribution is -2.28. The third-order valence-corrected chi connectivity index (χ3v) is 7.02. The number of nitrogens with zero attached hydrogens (tertiary/aromatic N) is 4. The van der Waals surface area contributed by atoms with Crippen molar-refractivity contribution in [3.63, 3.8) is 0 Å². The lowest BCUT2D eigenvalue weighted by atomic mass is 10.2. The van der Waals surface area contributed by atoms with Gasteiger partial charge in [0.2, 0.25) is 5.95 Å². The number of hydrogen-bond acceptors (Lipinski definition) is 7. The third kappa shape index (κ3) is 6.90. The summed E-state index contributed by atoms with van der Waals surface area (Å²) in [5, 5.41) is 11.3. The van der Waals surface area contributed by atoms with Crippen LogP contribution in [0.5, 0.6) is 0 Å². The van der Waals surface area contributed by atoms with Gasteiger partial charge in [0.25, 0.3) is 0 Å². The molecule has 0 saturated carbocycles. The van der Waals surface area contributed by atoms with Gasteiger partial charge in [0.1, 0.15) is 4.75 Å². The standard InChI is InChI=1S/C24H28N4O2S2/c1-4-18-15-25-22(26-16-18)28(13-8-11-19-9-6-5-7-10-19)14-12-20-17-31-23(27-20)32-24(2,3)21(29)30/h5-11,15-17H,4,12-14H2,1-3H3,(H,29,30). The first-order chi connectivity index (χ1) is 15.4. The van der Waals surface area contributed by atoms with E-state index in [9.17, 15) is 9.90 Å². The molecule has 32 heavy (non-hydrogen) atoms. The van der Waals surface area contributed by atoms with Gasteiger partial charge in [0.05, 0.1) is 5.69 Å². The number of carboxylic acids is 1. The summed E-state index contributed by atoms with van der Waals surface area (Å²) >= 11 is 2.77. The summed E-state index contributed by atoms with van der Waals surface area (Å²) in [6.45, 7) is 6.86. The zero-order chi connectivity index (χ0) is 23.0. The van der Waals surface area contributed by atoms with Crippen molar-refractivity contribution in [2.75, 3.05) is 18.0 Å². The van der Waals surface area contributed by atoms with Gasteiger partial charge < -0.3 is 10.0 Å². The topological polar surface area (TPSA) is 79.2 Å². The molecule has 3 rings (SSSR count). The van der Waals surface area contributed by atoms with E-state index in [1.165, 1.54) is 23.1 Å².